The van der Waals surface area contributed by atoms with Crippen LogP contribution in [0.15, 0.2) is 29.6 Å². The van der Waals surface area contributed by atoms with E-state index in [0.29, 0.717) is 12.2 Å². The molecule has 0 bridgehead atoms. The lowest BCUT2D eigenvalue weighted by Gasteiger charge is -2.26. The van der Waals surface area contributed by atoms with Crippen LogP contribution in [0.3, 0.4) is 0 Å². The lowest BCUT2D eigenvalue weighted by molar-refractivity contribution is -0.137. The molecule has 0 spiro atoms. The van der Waals surface area contributed by atoms with E-state index in [9.17, 15) is 14.4 Å². The number of carbonyl (C=O) groups excluding carboxylic acids is 2. The zero-order valence-corrected chi connectivity index (χ0v) is 19.0. The van der Waals surface area contributed by atoms with Gasteiger partial charge in [-0.05, 0) is 24.1 Å². The van der Waals surface area contributed by atoms with Crippen LogP contribution in [0.1, 0.15) is 39.2 Å². The average Bonchev–Trinajstić information content (AvgIpc) is 3.34. The van der Waals surface area contributed by atoms with Gasteiger partial charge in [0.25, 0.3) is 5.91 Å². The number of morpholine rings is 1. The average molecular weight is 474 g/mol. The highest BCUT2D eigenvalue weighted by molar-refractivity contribution is 7.10. The van der Waals surface area contributed by atoms with Crippen molar-refractivity contribution < 1.29 is 29.0 Å². The number of carbonyl (C=O) groups is 3. The van der Waals surface area contributed by atoms with Crippen molar-refractivity contribution in [2.75, 3.05) is 26.3 Å². The van der Waals surface area contributed by atoms with Crippen molar-refractivity contribution in [3.63, 3.8) is 0 Å². The highest BCUT2D eigenvalue weighted by Gasteiger charge is 2.37. The Labute approximate surface area is 195 Å². The summed E-state index contributed by atoms with van der Waals surface area (Å²) in [7, 11) is 0. The fourth-order valence-corrected chi connectivity index (χ4v) is 5.06. The molecule has 1 aromatic heterocycles. The number of ether oxygens (including phenoxy) is 2. The van der Waals surface area contributed by atoms with Crippen molar-refractivity contribution in [3.05, 3.63) is 51.2 Å². The molecule has 3 heterocycles. The molecule has 0 radical (unpaired) electrons. The van der Waals surface area contributed by atoms with Gasteiger partial charge in [0.05, 0.1) is 18.8 Å². The number of carboxylic acids is 1. The van der Waals surface area contributed by atoms with Gasteiger partial charge in [-0.15, -0.1) is 11.3 Å². The molecule has 2 amide bonds. The van der Waals surface area contributed by atoms with Crippen LogP contribution in [0, 0.1) is 0 Å². The molecule has 33 heavy (non-hydrogen) atoms. The van der Waals surface area contributed by atoms with Crippen molar-refractivity contribution in [1.29, 1.82) is 0 Å². The highest BCUT2D eigenvalue weighted by atomic mass is 32.1. The second-order valence-electron chi connectivity index (χ2n) is 8.16. The summed E-state index contributed by atoms with van der Waals surface area (Å²) >= 11 is 1.44. The SMILES string of the molecule is NC(=O)C(CCC(=O)O)N1Cc2c(csc2COc2ccc(CN3CCOCC3)cc2)C1=O. The number of hydrogen-bond donors (Lipinski definition) is 2. The molecule has 176 valence electrons. The number of carboxylic acid groups (broad SMARTS) is 1. The van der Waals surface area contributed by atoms with Gasteiger partial charge in [-0.1, -0.05) is 12.1 Å². The molecule has 2 aromatic rings. The first kappa shape index (κ1) is 23.2. The van der Waals surface area contributed by atoms with Gasteiger partial charge in [0, 0.05) is 48.4 Å². The maximum absolute atomic E-state index is 12.8. The standard InChI is InChI=1S/C23H27N3O6S/c24-22(29)19(5-6-21(27)28)26-12-17-18(23(26)30)14-33-20(17)13-32-16-3-1-15(2-4-16)11-25-7-9-31-10-8-25/h1-4,14,19H,5-13H2,(H2,24,29)(H,27,28). The van der Waals surface area contributed by atoms with Crippen molar-refractivity contribution in [3.8, 4) is 5.75 Å². The van der Waals surface area contributed by atoms with Gasteiger partial charge in [0.1, 0.15) is 18.4 Å². The molecule has 9 nitrogen and oxygen atoms in total. The first-order chi connectivity index (χ1) is 15.9. The number of amides is 2. The van der Waals surface area contributed by atoms with Crippen LogP contribution in [0.25, 0.3) is 0 Å². The van der Waals surface area contributed by atoms with E-state index in [-0.39, 0.29) is 25.3 Å². The lowest BCUT2D eigenvalue weighted by Crippen LogP contribution is -2.45. The molecule has 1 aromatic carbocycles. The van der Waals surface area contributed by atoms with Gasteiger partial charge in [0.15, 0.2) is 0 Å². The summed E-state index contributed by atoms with van der Waals surface area (Å²) in [4.78, 5) is 40.2. The number of hydrogen-bond acceptors (Lipinski definition) is 7. The molecule has 1 saturated heterocycles. The van der Waals surface area contributed by atoms with Crippen LogP contribution in [0.4, 0.5) is 0 Å². The molecule has 1 atom stereocenters. The van der Waals surface area contributed by atoms with Crippen LogP contribution in [0.5, 0.6) is 5.75 Å². The van der Waals surface area contributed by atoms with Crippen LogP contribution in [0.2, 0.25) is 0 Å². The second kappa shape index (κ2) is 10.3. The minimum atomic E-state index is -1.04. The van der Waals surface area contributed by atoms with Crippen LogP contribution in [-0.4, -0.2) is 65.0 Å². The van der Waals surface area contributed by atoms with Crippen LogP contribution in [-0.2, 0) is 34.0 Å². The number of nitrogens with two attached hydrogens (primary N) is 1. The van der Waals surface area contributed by atoms with E-state index in [4.69, 9.17) is 20.3 Å². The second-order valence-corrected chi connectivity index (χ2v) is 9.12. The highest BCUT2D eigenvalue weighted by Crippen LogP contribution is 2.34. The summed E-state index contributed by atoms with van der Waals surface area (Å²) in [6.07, 6.45) is -0.242. The first-order valence-corrected chi connectivity index (χ1v) is 11.7. The topological polar surface area (TPSA) is 122 Å². The van der Waals surface area contributed by atoms with Gasteiger partial charge in [0.2, 0.25) is 5.91 Å². The Bertz CT molecular complexity index is 1020. The monoisotopic (exact) mass is 473 g/mol. The summed E-state index contributed by atoms with van der Waals surface area (Å²) in [5.74, 6) is -1.30. The molecular weight excluding hydrogens is 446 g/mol. The molecule has 0 saturated carbocycles. The summed E-state index contributed by atoms with van der Waals surface area (Å²) in [5, 5.41) is 10.7. The predicted molar refractivity (Wildman–Crippen MR) is 121 cm³/mol. The van der Waals surface area contributed by atoms with E-state index < -0.39 is 17.9 Å². The number of aliphatic carboxylic acids is 1. The Hall–Kier alpha value is -2.95. The Morgan fingerprint density at radius 2 is 1.94 bits per heavy atom. The Balaban J connectivity index is 1.36. The van der Waals surface area contributed by atoms with Crippen molar-refractivity contribution in [2.24, 2.45) is 5.73 Å². The molecule has 2 aliphatic rings. The molecule has 3 N–H and O–H groups in total. The zero-order chi connectivity index (χ0) is 23.4. The lowest BCUT2D eigenvalue weighted by atomic mass is 10.1. The maximum atomic E-state index is 12.8. The zero-order valence-electron chi connectivity index (χ0n) is 18.2. The molecule has 10 heteroatoms. The summed E-state index contributed by atoms with van der Waals surface area (Å²) in [6.45, 7) is 4.82. The number of thiophene rings is 1. The number of fused-ring (bicyclic) bond motifs is 1. The predicted octanol–water partition coefficient (Wildman–Crippen LogP) is 1.83. The quantitative estimate of drug-likeness (QED) is 0.540. The third kappa shape index (κ3) is 5.52. The maximum Gasteiger partial charge on any atom is 0.303 e. The van der Waals surface area contributed by atoms with E-state index in [1.807, 2.05) is 12.1 Å². The van der Waals surface area contributed by atoms with Gasteiger partial charge >= 0.3 is 5.97 Å². The number of rotatable bonds is 10. The summed E-state index contributed by atoms with van der Waals surface area (Å²) in [5.41, 5.74) is 8.01. The molecule has 1 fully saturated rings. The van der Waals surface area contributed by atoms with Crippen molar-refractivity contribution in [2.45, 2.75) is 38.6 Å². The van der Waals surface area contributed by atoms with Crippen LogP contribution >= 0.6 is 11.3 Å². The minimum absolute atomic E-state index is 0.00720. The fraction of sp³-hybridized carbons (Fsp3) is 0.435. The number of nitrogens with zero attached hydrogens (tertiary/aromatic N) is 2. The van der Waals surface area contributed by atoms with Gasteiger partial charge < -0.3 is 25.2 Å². The Kier molecular flexibility index (Phi) is 7.26. The Morgan fingerprint density at radius 3 is 2.61 bits per heavy atom. The normalized spacial score (nSPS) is 17.1. The van der Waals surface area contributed by atoms with Crippen molar-refractivity contribution in [1.82, 2.24) is 9.80 Å². The number of primary amides is 1. The molecular formula is C23H27N3O6S. The van der Waals surface area contributed by atoms with Gasteiger partial charge in [-0.3, -0.25) is 19.3 Å². The fourth-order valence-electron chi connectivity index (χ4n) is 4.11. The van der Waals surface area contributed by atoms with E-state index >= 15 is 0 Å². The van der Waals surface area contributed by atoms with E-state index in [0.717, 1.165) is 49.0 Å². The first-order valence-electron chi connectivity index (χ1n) is 10.9. The summed E-state index contributed by atoms with van der Waals surface area (Å²) < 4.78 is 11.3. The minimum Gasteiger partial charge on any atom is -0.488 e. The van der Waals surface area contributed by atoms with Gasteiger partial charge in [-0.2, -0.15) is 0 Å². The van der Waals surface area contributed by atoms with Gasteiger partial charge in [-0.25, -0.2) is 0 Å². The summed E-state index contributed by atoms with van der Waals surface area (Å²) in [6, 6.07) is 7.04. The molecule has 0 aliphatic carbocycles. The molecule has 1 unspecified atom stereocenters. The van der Waals surface area contributed by atoms with E-state index in [2.05, 4.69) is 17.0 Å². The van der Waals surface area contributed by atoms with Crippen molar-refractivity contribution >= 4 is 29.1 Å². The molecule has 4 rings (SSSR count). The largest absolute Gasteiger partial charge is 0.488 e. The Morgan fingerprint density at radius 1 is 1.21 bits per heavy atom. The smallest absolute Gasteiger partial charge is 0.303 e. The van der Waals surface area contributed by atoms with Crippen LogP contribution < -0.4 is 10.5 Å². The third-order valence-electron chi connectivity index (χ3n) is 5.94. The van der Waals surface area contributed by atoms with E-state index in [1.54, 1.807) is 5.38 Å². The third-order valence-corrected chi connectivity index (χ3v) is 6.94. The van der Waals surface area contributed by atoms with E-state index in [1.165, 1.54) is 21.8 Å². The molecule has 2 aliphatic heterocycles. The number of benzene rings is 1.